The van der Waals surface area contributed by atoms with Crippen molar-refractivity contribution in [2.75, 3.05) is 10.8 Å². The number of aryl methyl sites for hydroxylation is 2. The predicted molar refractivity (Wildman–Crippen MR) is 198 cm³/mol. The van der Waals surface area contributed by atoms with Gasteiger partial charge in [-0.05, 0) is 91.9 Å². The van der Waals surface area contributed by atoms with E-state index in [-0.39, 0.29) is 29.8 Å². The molecule has 1 atom stereocenters. The maximum Gasteiger partial charge on any atom is 0.264 e. The van der Waals surface area contributed by atoms with Gasteiger partial charge in [0.1, 0.15) is 12.6 Å². The lowest BCUT2D eigenvalue weighted by molar-refractivity contribution is -0.140. The summed E-state index contributed by atoms with van der Waals surface area (Å²) in [5, 5.41) is 4.24. The Morgan fingerprint density at radius 3 is 2.10 bits per heavy atom. The van der Waals surface area contributed by atoms with Crippen molar-refractivity contribution in [3.63, 3.8) is 0 Å². The van der Waals surface area contributed by atoms with E-state index in [2.05, 4.69) is 5.32 Å². The molecule has 4 aromatic carbocycles. The Labute approximate surface area is 304 Å². The van der Waals surface area contributed by atoms with Crippen molar-refractivity contribution >= 4 is 62.3 Å². The Morgan fingerprint density at radius 1 is 0.816 bits per heavy atom. The largest absolute Gasteiger partial charge is 0.352 e. The lowest BCUT2D eigenvalue weighted by Gasteiger charge is -2.35. The van der Waals surface area contributed by atoms with Gasteiger partial charge in [0.2, 0.25) is 11.8 Å². The van der Waals surface area contributed by atoms with Crippen molar-refractivity contribution < 1.29 is 18.0 Å². The van der Waals surface area contributed by atoms with E-state index in [1.165, 1.54) is 29.2 Å². The standard InChI is InChI=1S/C38H40Cl3N3O4S/c1-26-16-19-31(22-27(26)2)44(49(47,48)32-20-17-29(39)18-21-32)25-37(45)43(24-33-34(40)14-9-15-35(33)41)36(23-28-10-5-3-6-11-28)38(46)42-30-12-7-4-8-13-30/h3,5-6,9-11,14-22,30,36H,4,7-8,12-13,23-25H2,1-2H3,(H,42,46). The second-order valence-electron chi connectivity index (χ2n) is 12.5. The Hall–Kier alpha value is -3.56. The smallest absolute Gasteiger partial charge is 0.264 e. The van der Waals surface area contributed by atoms with Crippen LogP contribution in [0.3, 0.4) is 0 Å². The lowest BCUT2D eigenvalue weighted by Crippen LogP contribution is -2.55. The van der Waals surface area contributed by atoms with Crippen LogP contribution < -0.4 is 9.62 Å². The summed E-state index contributed by atoms with van der Waals surface area (Å²) < 4.78 is 29.7. The summed E-state index contributed by atoms with van der Waals surface area (Å²) in [4.78, 5) is 30.5. The average Bonchev–Trinajstić information content (AvgIpc) is 3.08. The molecule has 11 heteroatoms. The summed E-state index contributed by atoms with van der Waals surface area (Å²) in [5.74, 6) is -0.906. The fourth-order valence-corrected chi connectivity index (χ4v) is 8.14. The molecule has 0 heterocycles. The summed E-state index contributed by atoms with van der Waals surface area (Å²) in [6.07, 6.45) is 5.05. The van der Waals surface area contributed by atoms with Gasteiger partial charge in [-0.2, -0.15) is 0 Å². The van der Waals surface area contributed by atoms with Crippen LogP contribution in [0.4, 0.5) is 5.69 Å². The highest BCUT2D eigenvalue weighted by atomic mass is 35.5. The van der Waals surface area contributed by atoms with Crippen molar-refractivity contribution in [2.45, 2.75) is 75.9 Å². The molecule has 0 radical (unpaired) electrons. The third-order valence-corrected chi connectivity index (χ3v) is 11.8. The Morgan fingerprint density at radius 2 is 1.47 bits per heavy atom. The van der Waals surface area contributed by atoms with Crippen LogP contribution in [0, 0.1) is 13.8 Å². The van der Waals surface area contributed by atoms with E-state index in [9.17, 15) is 18.0 Å². The van der Waals surface area contributed by atoms with E-state index in [4.69, 9.17) is 34.8 Å². The molecule has 0 aromatic heterocycles. The Kier molecular flexibility index (Phi) is 12.3. The molecule has 0 aliphatic heterocycles. The van der Waals surface area contributed by atoms with Crippen LogP contribution in [-0.2, 0) is 32.6 Å². The number of nitrogens with one attached hydrogen (secondary N) is 1. The minimum atomic E-state index is -4.27. The van der Waals surface area contributed by atoms with Gasteiger partial charge >= 0.3 is 0 Å². The number of hydrogen-bond acceptors (Lipinski definition) is 4. The lowest BCUT2D eigenvalue weighted by atomic mass is 9.94. The summed E-state index contributed by atoms with van der Waals surface area (Å²) in [6, 6.07) is 24.5. The normalized spacial score (nSPS) is 14.2. The fraction of sp³-hybridized carbons (Fsp3) is 0.316. The third-order valence-electron chi connectivity index (χ3n) is 9.07. The molecule has 0 spiro atoms. The van der Waals surface area contributed by atoms with Gasteiger partial charge in [0.15, 0.2) is 0 Å². The van der Waals surface area contributed by atoms with Crippen molar-refractivity contribution in [3.8, 4) is 0 Å². The van der Waals surface area contributed by atoms with Gasteiger partial charge in [-0.25, -0.2) is 8.42 Å². The number of amides is 2. The monoisotopic (exact) mass is 739 g/mol. The van der Waals surface area contributed by atoms with Crippen molar-refractivity contribution in [2.24, 2.45) is 0 Å². The second kappa shape index (κ2) is 16.4. The molecular weight excluding hydrogens is 701 g/mol. The molecule has 1 N–H and O–H groups in total. The maximum absolute atomic E-state index is 14.8. The number of hydrogen-bond donors (Lipinski definition) is 1. The number of carbonyl (C=O) groups excluding carboxylic acids is 2. The van der Waals surface area contributed by atoms with Crippen LogP contribution in [0.2, 0.25) is 15.1 Å². The third kappa shape index (κ3) is 9.17. The molecule has 1 fully saturated rings. The topological polar surface area (TPSA) is 86.8 Å². The molecule has 1 aliphatic carbocycles. The van der Waals surface area contributed by atoms with E-state index in [1.807, 2.05) is 50.2 Å². The molecule has 2 amide bonds. The van der Waals surface area contributed by atoms with Gasteiger partial charge in [-0.3, -0.25) is 13.9 Å². The zero-order valence-corrected chi connectivity index (χ0v) is 30.6. The SMILES string of the molecule is Cc1ccc(N(CC(=O)N(Cc2c(Cl)cccc2Cl)C(Cc2ccccc2)C(=O)NC2CCCCC2)S(=O)(=O)c2ccc(Cl)cc2)cc1C. The number of rotatable bonds is 12. The molecule has 49 heavy (non-hydrogen) atoms. The van der Waals surface area contributed by atoms with Crippen LogP contribution in [0.5, 0.6) is 0 Å². The van der Waals surface area contributed by atoms with Crippen LogP contribution in [0.25, 0.3) is 0 Å². The molecule has 0 bridgehead atoms. The van der Waals surface area contributed by atoms with Gasteiger partial charge in [0, 0.05) is 39.6 Å². The molecule has 7 nitrogen and oxygen atoms in total. The summed E-state index contributed by atoms with van der Waals surface area (Å²) in [6.45, 7) is 3.10. The second-order valence-corrected chi connectivity index (χ2v) is 15.6. The summed E-state index contributed by atoms with van der Waals surface area (Å²) >= 11 is 19.4. The van der Waals surface area contributed by atoms with Gasteiger partial charge in [-0.1, -0.05) is 96.5 Å². The minimum Gasteiger partial charge on any atom is -0.352 e. The highest BCUT2D eigenvalue weighted by Crippen LogP contribution is 2.30. The first-order valence-corrected chi connectivity index (χ1v) is 18.9. The molecule has 1 saturated carbocycles. The van der Waals surface area contributed by atoms with Crippen molar-refractivity contribution in [1.82, 2.24) is 10.2 Å². The number of carbonyl (C=O) groups is 2. The molecule has 1 aliphatic rings. The fourth-order valence-electron chi connectivity index (χ4n) is 6.10. The van der Waals surface area contributed by atoms with Gasteiger partial charge in [0.25, 0.3) is 10.0 Å². The van der Waals surface area contributed by atoms with E-state index in [1.54, 1.807) is 30.3 Å². The number of sulfonamides is 1. The van der Waals surface area contributed by atoms with Crippen molar-refractivity contribution in [1.29, 1.82) is 0 Å². The van der Waals surface area contributed by atoms with Crippen LogP contribution in [-0.4, -0.2) is 43.8 Å². The number of benzene rings is 4. The average molecular weight is 741 g/mol. The zero-order chi connectivity index (χ0) is 35.1. The van der Waals surface area contributed by atoms with Gasteiger partial charge in [-0.15, -0.1) is 0 Å². The van der Waals surface area contributed by atoms with Gasteiger partial charge < -0.3 is 10.2 Å². The first-order chi connectivity index (χ1) is 23.4. The first kappa shape index (κ1) is 36.7. The predicted octanol–water partition coefficient (Wildman–Crippen LogP) is 8.55. The van der Waals surface area contributed by atoms with Crippen LogP contribution in [0.15, 0.2) is 95.9 Å². The molecular formula is C38H40Cl3N3O4S. The molecule has 0 saturated heterocycles. The molecule has 4 aromatic rings. The van der Waals surface area contributed by atoms with E-state index in [0.717, 1.165) is 53.1 Å². The Bertz CT molecular complexity index is 1860. The first-order valence-electron chi connectivity index (χ1n) is 16.4. The molecule has 5 rings (SSSR count). The Balaban J connectivity index is 1.60. The van der Waals surface area contributed by atoms with E-state index >= 15 is 0 Å². The summed E-state index contributed by atoms with van der Waals surface area (Å²) in [7, 11) is -4.27. The highest BCUT2D eigenvalue weighted by Gasteiger charge is 2.36. The van der Waals surface area contributed by atoms with Crippen molar-refractivity contribution in [3.05, 3.63) is 128 Å². The van der Waals surface area contributed by atoms with Gasteiger partial charge in [0.05, 0.1) is 10.6 Å². The zero-order valence-electron chi connectivity index (χ0n) is 27.5. The molecule has 258 valence electrons. The number of halogens is 3. The summed E-state index contributed by atoms with van der Waals surface area (Å²) in [5.41, 5.74) is 3.44. The van der Waals surface area contributed by atoms with Crippen LogP contribution in [0.1, 0.15) is 54.4 Å². The highest BCUT2D eigenvalue weighted by molar-refractivity contribution is 7.92. The minimum absolute atomic E-state index is 0.0160. The quantitative estimate of drug-likeness (QED) is 0.158. The van der Waals surface area contributed by atoms with E-state index in [0.29, 0.717) is 26.3 Å². The molecule has 1 unspecified atom stereocenters. The maximum atomic E-state index is 14.8. The number of anilines is 1. The van der Waals surface area contributed by atoms with E-state index < -0.39 is 28.5 Å². The number of nitrogens with zero attached hydrogens (tertiary/aromatic N) is 2. The van der Waals surface area contributed by atoms with Crippen LogP contribution >= 0.6 is 34.8 Å².